The third-order valence-electron chi connectivity index (χ3n) is 3.40. The zero-order valence-electron chi connectivity index (χ0n) is 13.1. The van der Waals surface area contributed by atoms with E-state index in [0.29, 0.717) is 5.69 Å². The summed E-state index contributed by atoms with van der Waals surface area (Å²) in [5.41, 5.74) is 2.14. The lowest BCUT2D eigenvalue weighted by atomic mass is 10.2. The smallest absolute Gasteiger partial charge is 0.263 e. The van der Waals surface area contributed by atoms with E-state index in [4.69, 9.17) is 11.6 Å². The van der Waals surface area contributed by atoms with Gasteiger partial charge in [-0.1, -0.05) is 48.0 Å². The summed E-state index contributed by atoms with van der Waals surface area (Å²) in [5.74, 6) is 0. The Morgan fingerprint density at radius 2 is 1.72 bits per heavy atom. The Kier molecular flexibility index (Phi) is 5.16. The summed E-state index contributed by atoms with van der Waals surface area (Å²) < 4.78 is 27.5. The van der Waals surface area contributed by atoms with Crippen LogP contribution in [-0.2, 0) is 10.0 Å². The van der Waals surface area contributed by atoms with Crippen LogP contribution in [0.5, 0.6) is 0 Å². The van der Waals surface area contributed by atoms with Crippen molar-refractivity contribution in [2.45, 2.75) is 4.90 Å². The number of sulfonamides is 1. The van der Waals surface area contributed by atoms with Crippen molar-refractivity contribution >= 4 is 39.5 Å². The van der Waals surface area contributed by atoms with Gasteiger partial charge in [0.15, 0.2) is 0 Å². The van der Waals surface area contributed by atoms with E-state index in [9.17, 15) is 8.42 Å². The summed E-state index contributed by atoms with van der Waals surface area (Å²) in [6, 6.07) is 19.1. The van der Waals surface area contributed by atoms with Gasteiger partial charge in [-0.3, -0.25) is 9.71 Å². The quantitative estimate of drug-likeness (QED) is 0.707. The number of hydrogen-bond donors (Lipinski definition) is 1. The first-order valence-electron chi connectivity index (χ1n) is 7.51. The summed E-state index contributed by atoms with van der Waals surface area (Å²) >= 11 is 5.99. The summed E-state index contributed by atoms with van der Waals surface area (Å²) in [5, 5.41) is 0.182. The molecular weight excluding hydrogens is 356 g/mol. The second-order valence-electron chi connectivity index (χ2n) is 5.25. The molecule has 0 aliphatic rings. The average Bonchev–Trinajstić information content (AvgIpc) is 2.61. The standard InChI is InChI=1S/C19H15ClN2O2S/c20-18-9-1-2-10-19(18)25(23,24)22-17-8-5-6-15(14-17)11-12-16-7-3-4-13-21-16/h1-14,22H. The molecule has 6 heteroatoms. The fourth-order valence-corrected chi connectivity index (χ4v) is 3.80. The van der Waals surface area contributed by atoms with Crippen molar-refractivity contribution < 1.29 is 8.42 Å². The molecule has 0 bridgehead atoms. The van der Waals surface area contributed by atoms with E-state index < -0.39 is 10.0 Å². The third kappa shape index (κ3) is 4.47. The van der Waals surface area contributed by atoms with Crippen molar-refractivity contribution in [3.63, 3.8) is 0 Å². The van der Waals surface area contributed by atoms with Gasteiger partial charge in [-0.05, 0) is 48.0 Å². The SMILES string of the molecule is O=S(=O)(Nc1cccc(C=Cc2ccccn2)c1)c1ccccc1Cl. The Hall–Kier alpha value is -2.63. The molecule has 4 nitrogen and oxygen atoms in total. The number of benzene rings is 2. The van der Waals surface area contributed by atoms with Crippen molar-refractivity contribution in [2.24, 2.45) is 0 Å². The number of nitrogens with zero attached hydrogens (tertiary/aromatic N) is 1. The Morgan fingerprint density at radius 1 is 0.920 bits per heavy atom. The van der Waals surface area contributed by atoms with E-state index in [1.165, 1.54) is 6.07 Å². The lowest BCUT2D eigenvalue weighted by Gasteiger charge is -2.09. The van der Waals surface area contributed by atoms with Gasteiger partial charge in [0.2, 0.25) is 0 Å². The van der Waals surface area contributed by atoms with Gasteiger partial charge in [0.1, 0.15) is 4.90 Å². The van der Waals surface area contributed by atoms with E-state index in [-0.39, 0.29) is 9.92 Å². The van der Waals surface area contributed by atoms with E-state index in [0.717, 1.165) is 11.3 Å². The molecule has 0 unspecified atom stereocenters. The van der Waals surface area contributed by atoms with Crippen LogP contribution in [0.2, 0.25) is 5.02 Å². The highest BCUT2D eigenvalue weighted by molar-refractivity contribution is 7.92. The summed E-state index contributed by atoms with van der Waals surface area (Å²) in [7, 11) is -3.75. The highest BCUT2D eigenvalue weighted by atomic mass is 35.5. The van der Waals surface area contributed by atoms with Crippen LogP contribution >= 0.6 is 11.6 Å². The highest BCUT2D eigenvalue weighted by Gasteiger charge is 2.17. The van der Waals surface area contributed by atoms with Gasteiger partial charge in [-0.25, -0.2) is 8.42 Å². The van der Waals surface area contributed by atoms with Crippen molar-refractivity contribution in [2.75, 3.05) is 4.72 Å². The normalized spacial score (nSPS) is 11.6. The van der Waals surface area contributed by atoms with Crippen LogP contribution < -0.4 is 4.72 Å². The Morgan fingerprint density at radius 3 is 2.48 bits per heavy atom. The molecule has 0 spiro atoms. The Labute approximate surface area is 151 Å². The molecular formula is C19H15ClN2O2S. The number of rotatable bonds is 5. The van der Waals surface area contributed by atoms with Gasteiger partial charge in [-0.2, -0.15) is 0 Å². The molecule has 0 aliphatic heterocycles. The van der Waals surface area contributed by atoms with Gasteiger partial charge in [-0.15, -0.1) is 0 Å². The van der Waals surface area contributed by atoms with Crippen LogP contribution in [0.4, 0.5) is 5.69 Å². The molecule has 1 N–H and O–H groups in total. The van der Waals surface area contributed by atoms with Crippen molar-refractivity contribution in [1.29, 1.82) is 0 Å². The molecule has 1 heterocycles. The van der Waals surface area contributed by atoms with Crippen molar-refractivity contribution in [1.82, 2.24) is 4.98 Å². The largest absolute Gasteiger partial charge is 0.280 e. The predicted molar refractivity (Wildman–Crippen MR) is 102 cm³/mol. The molecule has 0 aliphatic carbocycles. The zero-order chi connectivity index (χ0) is 17.7. The maximum atomic E-state index is 12.5. The minimum atomic E-state index is -3.75. The summed E-state index contributed by atoms with van der Waals surface area (Å²) in [6.07, 6.45) is 5.45. The molecule has 126 valence electrons. The predicted octanol–water partition coefficient (Wildman–Crippen LogP) is 4.71. The van der Waals surface area contributed by atoms with Crippen LogP contribution in [0, 0.1) is 0 Å². The van der Waals surface area contributed by atoms with Crippen LogP contribution in [0.1, 0.15) is 11.3 Å². The first kappa shape index (κ1) is 17.2. The van der Waals surface area contributed by atoms with E-state index in [1.807, 2.05) is 36.4 Å². The van der Waals surface area contributed by atoms with Gasteiger partial charge in [0.25, 0.3) is 10.0 Å². The van der Waals surface area contributed by atoms with Gasteiger partial charge in [0, 0.05) is 11.9 Å². The van der Waals surface area contributed by atoms with E-state index >= 15 is 0 Å². The second-order valence-corrected chi connectivity index (χ2v) is 7.31. The van der Waals surface area contributed by atoms with Gasteiger partial charge in [0.05, 0.1) is 10.7 Å². The molecule has 0 atom stereocenters. The molecule has 0 radical (unpaired) electrons. The van der Waals surface area contributed by atoms with Crippen LogP contribution in [-0.4, -0.2) is 13.4 Å². The first-order chi connectivity index (χ1) is 12.0. The molecule has 0 amide bonds. The van der Waals surface area contributed by atoms with Gasteiger partial charge < -0.3 is 0 Å². The minimum absolute atomic E-state index is 0.0473. The maximum Gasteiger partial charge on any atom is 0.263 e. The number of hydrogen-bond acceptors (Lipinski definition) is 3. The molecule has 3 aromatic rings. The van der Waals surface area contributed by atoms with Crippen molar-refractivity contribution in [3.8, 4) is 0 Å². The van der Waals surface area contributed by atoms with Crippen LogP contribution in [0.3, 0.4) is 0 Å². The van der Waals surface area contributed by atoms with Crippen LogP contribution in [0.25, 0.3) is 12.2 Å². The summed E-state index contributed by atoms with van der Waals surface area (Å²) in [6.45, 7) is 0. The number of pyridine rings is 1. The molecule has 0 saturated heterocycles. The van der Waals surface area contributed by atoms with Gasteiger partial charge >= 0.3 is 0 Å². The lowest BCUT2D eigenvalue weighted by Crippen LogP contribution is -2.13. The van der Waals surface area contributed by atoms with Crippen LogP contribution in [0.15, 0.2) is 77.8 Å². The average molecular weight is 371 g/mol. The van der Waals surface area contributed by atoms with E-state index in [1.54, 1.807) is 42.6 Å². The number of aromatic nitrogens is 1. The maximum absolute atomic E-state index is 12.5. The molecule has 2 aromatic carbocycles. The first-order valence-corrected chi connectivity index (χ1v) is 9.37. The fraction of sp³-hybridized carbons (Fsp3) is 0. The fourth-order valence-electron chi connectivity index (χ4n) is 2.23. The Balaban J connectivity index is 1.82. The molecule has 25 heavy (non-hydrogen) atoms. The zero-order valence-corrected chi connectivity index (χ0v) is 14.7. The highest BCUT2D eigenvalue weighted by Crippen LogP contribution is 2.24. The number of nitrogens with one attached hydrogen (secondary N) is 1. The molecule has 3 rings (SSSR count). The third-order valence-corrected chi connectivity index (χ3v) is 5.28. The monoisotopic (exact) mass is 370 g/mol. The Bertz CT molecular complexity index is 1000. The summed E-state index contributed by atoms with van der Waals surface area (Å²) in [4.78, 5) is 4.26. The molecule has 1 aromatic heterocycles. The van der Waals surface area contributed by atoms with Crippen molar-refractivity contribution in [3.05, 3.63) is 89.2 Å². The topological polar surface area (TPSA) is 59.1 Å². The molecule has 0 saturated carbocycles. The lowest BCUT2D eigenvalue weighted by molar-refractivity contribution is 0.601. The molecule has 0 fully saturated rings. The number of anilines is 1. The van der Waals surface area contributed by atoms with E-state index in [2.05, 4.69) is 9.71 Å². The minimum Gasteiger partial charge on any atom is -0.280 e. The second kappa shape index (κ2) is 7.51. The number of halogens is 1.